The van der Waals surface area contributed by atoms with Crippen molar-refractivity contribution in [1.82, 2.24) is 5.32 Å². The molecule has 1 heterocycles. The van der Waals surface area contributed by atoms with Crippen molar-refractivity contribution in [2.75, 3.05) is 24.5 Å². The van der Waals surface area contributed by atoms with Gasteiger partial charge in [-0.15, -0.1) is 0 Å². The summed E-state index contributed by atoms with van der Waals surface area (Å²) in [5.41, 5.74) is 4.25. The van der Waals surface area contributed by atoms with Crippen LogP contribution in [0.2, 0.25) is 0 Å². The maximum atomic E-state index is 3.84. The van der Waals surface area contributed by atoms with Gasteiger partial charge in [0, 0.05) is 24.8 Å². The Labute approximate surface area is 129 Å². The van der Waals surface area contributed by atoms with Gasteiger partial charge in [-0.05, 0) is 57.2 Å². The van der Waals surface area contributed by atoms with Crippen molar-refractivity contribution in [3.8, 4) is 0 Å². The molecule has 2 fully saturated rings. The number of benzene rings is 1. The van der Waals surface area contributed by atoms with E-state index >= 15 is 0 Å². The monoisotopic (exact) mass is 286 g/mol. The summed E-state index contributed by atoms with van der Waals surface area (Å²) in [6.07, 6.45) is 8.44. The smallest absolute Gasteiger partial charge is 0.0396 e. The third-order valence-electron chi connectivity index (χ3n) is 5.34. The van der Waals surface area contributed by atoms with Crippen LogP contribution in [-0.2, 0) is 0 Å². The Hall–Kier alpha value is -1.02. The second kappa shape index (κ2) is 6.83. The van der Waals surface area contributed by atoms with Crippen molar-refractivity contribution in [3.63, 3.8) is 0 Å². The van der Waals surface area contributed by atoms with Crippen LogP contribution in [0.3, 0.4) is 0 Å². The zero-order valence-corrected chi connectivity index (χ0v) is 13.7. The Kier molecular flexibility index (Phi) is 4.84. The Balaban J connectivity index is 1.75. The van der Waals surface area contributed by atoms with Gasteiger partial charge in [0.05, 0.1) is 0 Å². The average molecular weight is 286 g/mol. The lowest BCUT2D eigenvalue weighted by molar-refractivity contribution is 0.277. The van der Waals surface area contributed by atoms with Crippen LogP contribution >= 0.6 is 0 Å². The number of aryl methyl sites for hydroxylation is 2. The summed E-state index contributed by atoms with van der Waals surface area (Å²) in [6, 6.07) is 7.60. The lowest BCUT2D eigenvalue weighted by Gasteiger charge is -2.34. The van der Waals surface area contributed by atoms with Gasteiger partial charge < -0.3 is 10.2 Å². The van der Waals surface area contributed by atoms with Crippen LogP contribution in [0.15, 0.2) is 18.2 Å². The maximum Gasteiger partial charge on any atom is 0.0396 e. The molecule has 1 unspecified atom stereocenters. The van der Waals surface area contributed by atoms with Gasteiger partial charge in [0.2, 0.25) is 0 Å². The molecule has 2 nitrogen and oxygen atoms in total. The van der Waals surface area contributed by atoms with Crippen LogP contribution < -0.4 is 10.2 Å². The summed E-state index contributed by atoms with van der Waals surface area (Å²) in [7, 11) is 0. The normalized spacial score (nSPS) is 24.9. The molecule has 1 aromatic rings. The molecule has 0 spiro atoms. The second-order valence-corrected chi connectivity index (χ2v) is 7.05. The van der Waals surface area contributed by atoms with Crippen LogP contribution in [0, 0.1) is 19.8 Å². The fourth-order valence-electron chi connectivity index (χ4n) is 4.18. The Bertz CT molecular complexity index is 463. The highest BCUT2D eigenvalue weighted by atomic mass is 15.2. The molecule has 1 atom stereocenters. The first-order chi connectivity index (χ1) is 10.2. The molecule has 1 saturated heterocycles. The van der Waals surface area contributed by atoms with Crippen LogP contribution in [-0.4, -0.2) is 25.7 Å². The van der Waals surface area contributed by atoms with Gasteiger partial charge in [0.1, 0.15) is 0 Å². The first kappa shape index (κ1) is 14.9. The van der Waals surface area contributed by atoms with Crippen molar-refractivity contribution >= 4 is 5.69 Å². The molecule has 116 valence electrons. The van der Waals surface area contributed by atoms with E-state index in [1.807, 2.05) is 0 Å². The summed E-state index contributed by atoms with van der Waals surface area (Å²) in [5, 5.41) is 3.84. The summed E-state index contributed by atoms with van der Waals surface area (Å²) in [4.78, 5) is 2.63. The SMILES string of the molecule is Cc1ccc(N2CCCNC(C3CCCCC3)C2)c(C)c1. The molecular weight excluding hydrogens is 256 g/mol. The number of hydrogen-bond acceptors (Lipinski definition) is 2. The quantitative estimate of drug-likeness (QED) is 0.882. The highest BCUT2D eigenvalue weighted by Gasteiger charge is 2.27. The number of hydrogen-bond donors (Lipinski definition) is 1. The van der Waals surface area contributed by atoms with Gasteiger partial charge >= 0.3 is 0 Å². The van der Waals surface area contributed by atoms with Gasteiger partial charge in [-0.25, -0.2) is 0 Å². The van der Waals surface area contributed by atoms with Crippen molar-refractivity contribution in [3.05, 3.63) is 29.3 Å². The maximum absolute atomic E-state index is 3.84. The second-order valence-electron chi connectivity index (χ2n) is 7.05. The van der Waals surface area contributed by atoms with E-state index in [1.54, 1.807) is 0 Å². The molecule has 1 N–H and O–H groups in total. The zero-order valence-electron chi connectivity index (χ0n) is 13.7. The first-order valence-electron chi connectivity index (χ1n) is 8.79. The molecule has 1 aromatic carbocycles. The minimum atomic E-state index is 0.688. The number of nitrogens with zero attached hydrogens (tertiary/aromatic N) is 1. The Morgan fingerprint density at radius 1 is 1.05 bits per heavy atom. The summed E-state index contributed by atoms with van der Waals surface area (Å²) in [5.74, 6) is 0.894. The van der Waals surface area contributed by atoms with Crippen molar-refractivity contribution < 1.29 is 0 Å². The minimum Gasteiger partial charge on any atom is -0.370 e. The third-order valence-corrected chi connectivity index (χ3v) is 5.34. The van der Waals surface area contributed by atoms with E-state index in [4.69, 9.17) is 0 Å². The molecular formula is C19H30N2. The fraction of sp³-hybridized carbons (Fsp3) is 0.684. The van der Waals surface area contributed by atoms with E-state index < -0.39 is 0 Å². The molecule has 0 amide bonds. The zero-order chi connectivity index (χ0) is 14.7. The standard InChI is InChI=1S/C19H30N2/c1-15-9-10-19(16(2)13-15)21-12-6-11-20-18(14-21)17-7-4-3-5-8-17/h9-10,13,17-18,20H,3-8,11-12,14H2,1-2H3. The van der Waals surface area contributed by atoms with Crippen LogP contribution in [0.1, 0.15) is 49.7 Å². The van der Waals surface area contributed by atoms with Gasteiger partial charge in [0.15, 0.2) is 0 Å². The molecule has 0 radical (unpaired) electrons. The predicted octanol–water partition coefficient (Wildman–Crippen LogP) is 4.05. The van der Waals surface area contributed by atoms with Crippen molar-refractivity contribution in [2.24, 2.45) is 5.92 Å². The summed E-state index contributed by atoms with van der Waals surface area (Å²) >= 11 is 0. The molecule has 2 heteroatoms. The molecule has 1 aliphatic carbocycles. The van der Waals surface area contributed by atoms with E-state index in [0.717, 1.165) is 5.92 Å². The topological polar surface area (TPSA) is 15.3 Å². The number of rotatable bonds is 2. The number of anilines is 1. The third kappa shape index (κ3) is 3.60. The van der Waals surface area contributed by atoms with E-state index in [9.17, 15) is 0 Å². The molecule has 2 aliphatic rings. The number of nitrogens with one attached hydrogen (secondary N) is 1. The highest BCUT2D eigenvalue weighted by Crippen LogP contribution is 2.29. The molecule has 21 heavy (non-hydrogen) atoms. The van der Waals surface area contributed by atoms with Gasteiger partial charge in [-0.2, -0.15) is 0 Å². The van der Waals surface area contributed by atoms with Gasteiger partial charge in [0.25, 0.3) is 0 Å². The van der Waals surface area contributed by atoms with E-state index in [2.05, 4.69) is 42.3 Å². The van der Waals surface area contributed by atoms with E-state index in [-0.39, 0.29) is 0 Å². The van der Waals surface area contributed by atoms with Gasteiger partial charge in [-0.3, -0.25) is 0 Å². The average Bonchev–Trinajstić information content (AvgIpc) is 2.74. The minimum absolute atomic E-state index is 0.688. The Morgan fingerprint density at radius 3 is 2.62 bits per heavy atom. The molecule has 0 bridgehead atoms. The molecule has 1 saturated carbocycles. The summed E-state index contributed by atoms with van der Waals surface area (Å²) in [6.45, 7) is 8.01. The molecule has 0 aromatic heterocycles. The summed E-state index contributed by atoms with van der Waals surface area (Å²) < 4.78 is 0. The van der Waals surface area contributed by atoms with Crippen molar-refractivity contribution in [1.29, 1.82) is 0 Å². The van der Waals surface area contributed by atoms with E-state index in [1.165, 1.54) is 75.0 Å². The van der Waals surface area contributed by atoms with Crippen LogP contribution in [0.4, 0.5) is 5.69 Å². The first-order valence-corrected chi connectivity index (χ1v) is 8.79. The van der Waals surface area contributed by atoms with E-state index in [0.29, 0.717) is 6.04 Å². The van der Waals surface area contributed by atoms with Crippen LogP contribution in [0.25, 0.3) is 0 Å². The predicted molar refractivity (Wildman–Crippen MR) is 91.1 cm³/mol. The molecule has 3 rings (SSSR count). The lowest BCUT2D eigenvalue weighted by atomic mass is 9.83. The van der Waals surface area contributed by atoms with Gasteiger partial charge in [-0.1, -0.05) is 37.0 Å². The van der Waals surface area contributed by atoms with Crippen molar-refractivity contribution in [2.45, 2.75) is 58.4 Å². The van der Waals surface area contributed by atoms with Crippen LogP contribution in [0.5, 0.6) is 0 Å². The molecule has 1 aliphatic heterocycles. The highest BCUT2D eigenvalue weighted by molar-refractivity contribution is 5.54. The Morgan fingerprint density at radius 2 is 1.86 bits per heavy atom. The lowest BCUT2D eigenvalue weighted by Crippen LogP contribution is -2.43. The fourth-order valence-corrected chi connectivity index (χ4v) is 4.18. The largest absolute Gasteiger partial charge is 0.370 e.